The Hall–Kier alpha value is -1.90. The quantitative estimate of drug-likeness (QED) is 0.761. The predicted octanol–water partition coefficient (Wildman–Crippen LogP) is 4.05. The van der Waals surface area contributed by atoms with Gasteiger partial charge in [0.05, 0.1) is 12.1 Å². The Balaban J connectivity index is 2.39. The van der Waals surface area contributed by atoms with Crippen molar-refractivity contribution >= 4 is 22.5 Å². The van der Waals surface area contributed by atoms with Crippen LogP contribution < -0.4 is 0 Å². The second-order valence-corrected chi connectivity index (χ2v) is 4.78. The van der Waals surface area contributed by atoms with Gasteiger partial charge in [0.25, 0.3) is 0 Å². The number of hydrogen-bond acceptors (Lipinski definition) is 2. The summed E-state index contributed by atoms with van der Waals surface area (Å²) in [6.45, 7) is -0.0420. The zero-order valence-corrected chi connectivity index (χ0v) is 10.9. The predicted molar refractivity (Wildman–Crippen MR) is 78.1 cm³/mol. The molecule has 0 saturated heterocycles. The minimum absolute atomic E-state index is 0.0420. The average Bonchev–Trinajstić information content (AvgIpc) is 2.46. The van der Waals surface area contributed by atoms with Gasteiger partial charge in [-0.3, -0.25) is 4.98 Å². The van der Waals surface area contributed by atoms with Gasteiger partial charge in [0.2, 0.25) is 0 Å². The van der Waals surface area contributed by atoms with Gasteiger partial charge in [0.1, 0.15) is 0 Å². The van der Waals surface area contributed by atoms with E-state index in [-0.39, 0.29) is 6.61 Å². The van der Waals surface area contributed by atoms with E-state index in [1.165, 1.54) is 0 Å². The molecule has 0 aliphatic carbocycles. The Kier molecular flexibility index (Phi) is 3.20. The van der Waals surface area contributed by atoms with Gasteiger partial charge in [-0.2, -0.15) is 0 Å². The highest BCUT2D eigenvalue weighted by Gasteiger charge is 2.10. The summed E-state index contributed by atoms with van der Waals surface area (Å²) in [4.78, 5) is 4.36. The number of aromatic nitrogens is 1. The lowest BCUT2D eigenvalue weighted by atomic mass is 9.97. The molecule has 3 heteroatoms. The molecule has 0 aliphatic rings. The van der Waals surface area contributed by atoms with Crippen molar-refractivity contribution in [1.29, 1.82) is 0 Å². The Labute approximate surface area is 116 Å². The largest absolute Gasteiger partial charge is 0.392 e. The molecule has 0 fully saturated rings. The average molecular weight is 270 g/mol. The maximum atomic E-state index is 9.54. The number of benzene rings is 2. The van der Waals surface area contributed by atoms with Gasteiger partial charge in [-0.05, 0) is 29.3 Å². The first-order valence-electron chi connectivity index (χ1n) is 6.03. The Bertz CT molecular complexity index is 725. The maximum Gasteiger partial charge on any atom is 0.0709 e. The van der Waals surface area contributed by atoms with E-state index in [4.69, 9.17) is 11.6 Å². The number of nitrogens with zero attached hydrogens (tertiary/aromatic N) is 1. The summed E-state index contributed by atoms with van der Waals surface area (Å²) in [6, 6.07) is 15.6. The molecule has 0 unspecified atom stereocenters. The third kappa shape index (κ3) is 2.21. The molecule has 1 heterocycles. The van der Waals surface area contributed by atoms with Crippen molar-refractivity contribution in [3.05, 3.63) is 65.3 Å². The SMILES string of the molecule is OCc1cnc2ccc(Cl)cc2c1-c1ccccc1. The van der Waals surface area contributed by atoms with E-state index in [0.29, 0.717) is 5.02 Å². The Morgan fingerprint density at radius 2 is 1.84 bits per heavy atom. The van der Waals surface area contributed by atoms with Gasteiger partial charge in [-0.15, -0.1) is 0 Å². The highest BCUT2D eigenvalue weighted by molar-refractivity contribution is 6.31. The number of pyridine rings is 1. The standard InChI is InChI=1S/C16H12ClNO/c17-13-6-7-15-14(8-13)16(12(10-19)9-18-15)11-4-2-1-3-5-11/h1-9,19H,10H2. The van der Waals surface area contributed by atoms with Crippen molar-refractivity contribution in [2.45, 2.75) is 6.61 Å². The molecule has 0 bridgehead atoms. The normalized spacial score (nSPS) is 10.8. The van der Waals surface area contributed by atoms with Crippen LogP contribution in [0.1, 0.15) is 5.56 Å². The highest BCUT2D eigenvalue weighted by atomic mass is 35.5. The molecule has 0 spiro atoms. The van der Waals surface area contributed by atoms with E-state index in [1.54, 1.807) is 6.20 Å². The maximum absolute atomic E-state index is 9.54. The number of rotatable bonds is 2. The first kappa shape index (κ1) is 12.2. The molecule has 0 radical (unpaired) electrons. The van der Waals surface area contributed by atoms with Gasteiger partial charge in [0.15, 0.2) is 0 Å². The van der Waals surface area contributed by atoms with Gasteiger partial charge < -0.3 is 5.11 Å². The lowest BCUT2D eigenvalue weighted by Gasteiger charge is -2.11. The Morgan fingerprint density at radius 1 is 1.05 bits per heavy atom. The third-order valence-electron chi connectivity index (χ3n) is 3.14. The fourth-order valence-corrected chi connectivity index (χ4v) is 2.44. The van der Waals surface area contributed by atoms with Crippen LogP contribution in [0.25, 0.3) is 22.0 Å². The van der Waals surface area contributed by atoms with Crippen LogP contribution >= 0.6 is 11.6 Å². The van der Waals surface area contributed by atoms with Crippen molar-refractivity contribution in [2.75, 3.05) is 0 Å². The summed E-state index contributed by atoms with van der Waals surface area (Å²) >= 11 is 6.08. The van der Waals surface area contributed by atoms with Gasteiger partial charge in [-0.1, -0.05) is 41.9 Å². The molecule has 3 aromatic rings. The smallest absolute Gasteiger partial charge is 0.0709 e. The monoisotopic (exact) mass is 269 g/mol. The van der Waals surface area contributed by atoms with Crippen LogP contribution in [0.15, 0.2) is 54.7 Å². The molecule has 1 N–H and O–H groups in total. The van der Waals surface area contributed by atoms with Gasteiger partial charge in [0, 0.05) is 22.2 Å². The molecule has 0 atom stereocenters. The first-order chi connectivity index (χ1) is 9.29. The molecule has 3 rings (SSSR count). The van der Waals surface area contributed by atoms with Gasteiger partial charge in [-0.25, -0.2) is 0 Å². The molecule has 0 aliphatic heterocycles. The molecule has 0 saturated carbocycles. The van der Waals surface area contributed by atoms with Crippen molar-refractivity contribution in [3.63, 3.8) is 0 Å². The summed E-state index contributed by atoms with van der Waals surface area (Å²) < 4.78 is 0. The minimum Gasteiger partial charge on any atom is -0.392 e. The lowest BCUT2D eigenvalue weighted by molar-refractivity contribution is 0.282. The van der Waals surface area contributed by atoms with E-state index in [0.717, 1.165) is 27.6 Å². The zero-order chi connectivity index (χ0) is 13.2. The van der Waals surface area contributed by atoms with Crippen LogP contribution in [0.3, 0.4) is 0 Å². The van der Waals surface area contributed by atoms with Crippen molar-refractivity contribution in [3.8, 4) is 11.1 Å². The fourth-order valence-electron chi connectivity index (χ4n) is 2.27. The van der Waals surface area contributed by atoms with Gasteiger partial charge >= 0.3 is 0 Å². The van der Waals surface area contributed by atoms with Crippen LogP contribution in [0, 0.1) is 0 Å². The number of halogens is 1. The van der Waals surface area contributed by atoms with E-state index in [1.807, 2.05) is 48.5 Å². The van der Waals surface area contributed by atoms with Crippen LogP contribution in [0.2, 0.25) is 5.02 Å². The zero-order valence-electron chi connectivity index (χ0n) is 10.2. The molecular weight excluding hydrogens is 258 g/mol. The molecular formula is C16H12ClNO. The number of hydrogen-bond donors (Lipinski definition) is 1. The molecule has 94 valence electrons. The third-order valence-corrected chi connectivity index (χ3v) is 3.38. The summed E-state index contributed by atoms with van der Waals surface area (Å²) in [5.74, 6) is 0. The summed E-state index contributed by atoms with van der Waals surface area (Å²) in [7, 11) is 0. The van der Waals surface area contributed by atoms with E-state index in [2.05, 4.69) is 4.98 Å². The minimum atomic E-state index is -0.0420. The van der Waals surface area contributed by atoms with Crippen molar-refractivity contribution in [1.82, 2.24) is 4.98 Å². The molecule has 19 heavy (non-hydrogen) atoms. The van der Waals surface area contributed by atoms with Crippen LogP contribution in [-0.4, -0.2) is 10.1 Å². The topological polar surface area (TPSA) is 33.1 Å². The van der Waals surface area contributed by atoms with E-state index >= 15 is 0 Å². The summed E-state index contributed by atoms with van der Waals surface area (Å²) in [5.41, 5.74) is 3.73. The first-order valence-corrected chi connectivity index (χ1v) is 6.41. The van der Waals surface area contributed by atoms with Crippen molar-refractivity contribution in [2.24, 2.45) is 0 Å². The van der Waals surface area contributed by atoms with E-state index in [9.17, 15) is 5.11 Å². The fraction of sp³-hybridized carbons (Fsp3) is 0.0625. The molecule has 2 nitrogen and oxygen atoms in total. The van der Waals surface area contributed by atoms with Crippen LogP contribution in [-0.2, 0) is 6.61 Å². The molecule has 2 aromatic carbocycles. The van der Waals surface area contributed by atoms with Crippen molar-refractivity contribution < 1.29 is 5.11 Å². The molecule has 1 aromatic heterocycles. The van der Waals surface area contributed by atoms with Crippen LogP contribution in [0.5, 0.6) is 0 Å². The number of fused-ring (bicyclic) bond motifs is 1. The summed E-state index contributed by atoms with van der Waals surface area (Å²) in [6.07, 6.45) is 1.72. The number of aliphatic hydroxyl groups excluding tert-OH is 1. The molecule has 0 amide bonds. The number of aliphatic hydroxyl groups is 1. The highest BCUT2D eigenvalue weighted by Crippen LogP contribution is 2.32. The van der Waals surface area contributed by atoms with E-state index < -0.39 is 0 Å². The lowest BCUT2D eigenvalue weighted by Crippen LogP contribution is -1.93. The second kappa shape index (κ2) is 5.00. The summed E-state index contributed by atoms with van der Waals surface area (Å²) in [5, 5.41) is 11.2. The van der Waals surface area contributed by atoms with Crippen LogP contribution in [0.4, 0.5) is 0 Å². The Morgan fingerprint density at radius 3 is 2.58 bits per heavy atom. The second-order valence-electron chi connectivity index (χ2n) is 4.34.